The monoisotopic (exact) mass is 587 g/mol. The third-order valence-corrected chi connectivity index (χ3v) is 8.90. The normalized spacial score (nSPS) is 11.5. The first kappa shape index (κ1) is 26.1. The van der Waals surface area contributed by atoms with Crippen molar-refractivity contribution in [2.45, 2.75) is 0 Å². The molecule has 0 amide bonds. The molecule has 214 valence electrons. The number of hydrogen-bond donors (Lipinski definition) is 0. The highest BCUT2D eigenvalue weighted by Gasteiger charge is 2.16. The van der Waals surface area contributed by atoms with Gasteiger partial charge in [0, 0.05) is 21.5 Å². The Hall–Kier alpha value is -6.37. The predicted molar refractivity (Wildman–Crippen MR) is 187 cm³/mol. The molecule has 3 nitrogen and oxygen atoms in total. The average Bonchev–Trinajstić information content (AvgIpc) is 3.69. The van der Waals surface area contributed by atoms with Gasteiger partial charge in [-0.1, -0.05) is 91.0 Å². The Morgan fingerprint density at radius 1 is 0.348 bits per heavy atom. The van der Waals surface area contributed by atoms with Gasteiger partial charge in [-0.3, -0.25) is 0 Å². The van der Waals surface area contributed by atoms with Crippen LogP contribution in [0.3, 0.4) is 0 Å². The third kappa shape index (κ3) is 4.28. The van der Waals surface area contributed by atoms with Crippen LogP contribution < -0.4 is 0 Å². The summed E-state index contributed by atoms with van der Waals surface area (Å²) in [6.45, 7) is 0. The molecule has 0 unspecified atom stereocenters. The van der Waals surface area contributed by atoms with Crippen molar-refractivity contribution in [3.05, 3.63) is 157 Å². The summed E-state index contributed by atoms with van der Waals surface area (Å²) in [5.41, 5.74) is 12.5. The number of nitrogens with zero attached hydrogens (tertiary/aromatic N) is 1. The lowest BCUT2D eigenvalue weighted by molar-refractivity contribution is 0.668. The second-order valence-corrected chi connectivity index (χ2v) is 11.7. The zero-order chi connectivity index (χ0) is 30.6. The smallest absolute Gasteiger partial charge is 0.136 e. The molecule has 46 heavy (non-hydrogen) atoms. The van der Waals surface area contributed by atoms with Gasteiger partial charge in [0.1, 0.15) is 22.3 Å². The van der Waals surface area contributed by atoms with Gasteiger partial charge in [0.25, 0.3) is 0 Å². The van der Waals surface area contributed by atoms with E-state index in [0.717, 1.165) is 88.4 Å². The second kappa shape index (κ2) is 10.4. The molecular formula is C43H25NO2. The Morgan fingerprint density at radius 2 is 0.957 bits per heavy atom. The van der Waals surface area contributed by atoms with Crippen molar-refractivity contribution < 1.29 is 8.83 Å². The molecule has 7 aromatic carbocycles. The van der Waals surface area contributed by atoms with Gasteiger partial charge in [0.15, 0.2) is 0 Å². The average molecular weight is 588 g/mol. The lowest BCUT2D eigenvalue weighted by atomic mass is 9.88. The van der Waals surface area contributed by atoms with E-state index in [1.54, 1.807) is 0 Å². The Balaban J connectivity index is 1.27. The predicted octanol–water partition coefficient (Wildman–Crippen LogP) is 12.0. The molecule has 0 aliphatic carbocycles. The number of hydrogen-bond acceptors (Lipinski definition) is 3. The molecule has 0 spiro atoms. The van der Waals surface area contributed by atoms with E-state index in [9.17, 15) is 5.26 Å². The fourth-order valence-corrected chi connectivity index (χ4v) is 6.66. The van der Waals surface area contributed by atoms with Crippen LogP contribution >= 0.6 is 0 Å². The van der Waals surface area contributed by atoms with Crippen molar-refractivity contribution in [2.75, 3.05) is 0 Å². The minimum Gasteiger partial charge on any atom is -0.456 e. The van der Waals surface area contributed by atoms with Crippen LogP contribution in [0.1, 0.15) is 5.56 Å². The quantitative estimate of drug-likeness (QED) is 0.206. The number of fused-ring (bicyclic) bond motifs is 6. The maximum atomic E-state index is 10.1. The summed E-state index contributed by atoms with van der Waals surface area (Å²) in [6, 6.07) is 54.5. The zero-order valence-corrected chi connectivity index (χ0v) is 24.7. The van der Waals surface area contributed by atoms with Crippen molar-refractivity contribution >= 4 is 43.9 Å². The van der Waals surface area contributed by atoms with Crippen LogP contribution in [0.15, 0.2) is 160 Å². The van der Waals surface area contributed by atoms with Gasteiger partial charge < -0.3 is 8.83 Å². The van der Waals surface area contributed by atoms with Crippen molar-refractivity contribution in [1.29, 1.82) is 5.26 Å². The maximum Gasteiger partial charge on any atom is 0.136 e. The number of benzene rings is 7. The van der Waals surface area contributed by atoms with E-state index in [0.29, 0.717) is 5.56 Å². The van der Waals surface area contributed by atoms with Crippen molar-refractivity contribution in [3.8, 4) is 50.6 Å². The molecule has 0 N–H and O–H groups in total. The van der Waals surface area contributed by atoms with Gasteiger partial charge in [0.2, 0.25) is 0 Å². The molecule has 2 aromatic heterocycles. The van der Waals surface area contributed by atoms with E-state index < -0.39 is 0 Å². The van der Waals surface area contributed by atoms with Gasteiger partial charge in [-0.2, -0.15) is 5.26 Å². The molecule has 0 saturated heterocycles. The van der Waals surface area contributed by atoms with Crippen LogP contribution in [-0.2, 0) is 0 Å². The summed E-state index contributed by atoms with van der Waals surface area (Å²) in [6.07, 6.45) is 0. The molecule has 0 aliphatic heterocycles. The Labute approximate surface area is 265 Å². The highest BCUT2D eigenvalue weighted by Crippen LogP contribution is 2.41. The summed E-state index contributed by atoms with van der Waals surface area (Å²) in [5, 5.41) is 14.5. The topological polar surface area (TPSA) is 50.1 Å². The Bertz CT molecular complexity index is 2650. The van der Waals surface area contributed by atoms with Gasteiger partial charge in [-0.05, 0) is 105 Å². The van der Waals surface area contributed by atoms with Gasteiger partial charge >= 0.3 is 0 Å². The molecular weight excluding hydrogens is 562 g/mol. The standard InChI is InChI=1S/C43H25NO2/c44-26-27-20-32(28-8-2-1-3-9-28)22-33(21-27)38-23-29(30-15-18-37-35-10-4-6-12-40(35)46-43(37)25-30)14-17-34(38)31-16-19-42-39(24-31)36-11-5-7-13-41(36)45-42/h1-25H. The van der Waals surface area contributed by atoms with E-state index in [-0.39, 0.29) is 0 Å². The fourth-order valence-electron chi connectivity index (χ4n) is 6.66. The molecule has 3 heteroatoms. The molecule has 0 radical (unpaired) electrons. The van der Waals surface area contributed by atoms with Crippen LogP contribution in [-0.4, -0.2) is 0 Å². The largest absolute Gasteiger partial charge is 0.456 e. The molecule has 0 aliphatic rings. The molecule has 2 heterocycles. The minimum absolute atomic E-state index is 0.618. The first-order valence-electron chi connectivity index (χ1n) is 15.3. The second-order valence-electron chi connectivity index (χ2n) is 11.7. The van der Waals surface area contributed by atoms with E-state index in [1.165, 1.54) is 0 Å². The van der Waals surface area contributed by atoms with Crippen molar-refractivity contribution in [1.82, 2.24) is 0 Å². The van der Waals surface area contributed by atoms with Gasteiger partial charge in [0.05, 0.1) is 11.6 Å². The highest BCUT2D eigenvalue weighted by atomic mass is 16.3. The summed E-state index contributed by atoms with van der Waals surface area (Å²) in [7, 11) is 0. The molecule has 9 rings (SSSR count). The zero-order valence-electron chi connectivity index (χ0n) is 24.7. The lowest BCUT2D eigenvalue weighted by Crippen LogP contribution is -1.90. The summed E-state index contributed by atoms with van der Waals surface area (Å²) in [5.74, 6) is 0. The highest BCUT2D eigenvalue weighted by molar-refractivity contribution is 6.08. The third-order valence-electron chi connectivity index (χ3n) is 8.90. The van der Waals surface area contributed by atoms with Crippen LogP contribution in [0, 0.1) is 11.3 Å². The number of para-hydroxylation sites is 2. The first-order chi connectivity index (χ1) is 22.7. The van der Waals surface area contributed by atoms with E-state index in [2.05, 4.69) is 91.0 Å². The van der Waals surface area contributed by atoms with Gasteiger partial charge in [-0.25, -0.2) is 0 Å². The molecule has 9 aromatic rings. The number of furan rings is 2. The van der Waals surface area contributed by atoms with Crippen LogP contribution in [0.2, 0.25) is 0 Å². The Morgan fingerprint density at radius 3 is 1.76 bits per heavy atom. The van der Waals surface area contributed by atoms with Crippen LogP contribution in [0.25, 0.3) is 88.4 Å². The Kier molecular flexibility index (Phi) is 5.88. The van der Waals surface area contributed by atoms with E-state index in [1.807, 2.05) is 66.7 Å². The number of nitriles is 1. The van der Waals surface area contributed by atoms with Crippen molar-refractivity contribution in [2.24, 2.45) is 0 Å². The lowest BCUT2D eigenvalue weighted by Gasteiger charge is -2.15. The molecule has 0 atom stereocenters. The molecule has 0 saturated carbocycles. The molecule has 0 bridgehead atoms. The summed E-state index contributed by atoms with van der Waals surface area (Å²) < 4.78 is 12.4. The van der Waals surface area contributed by atoms with Crippen LogP contribution in [0.5, 0.6) is 0 Å². The van der Waals surface area contributed by atoms with E-state index in [4.69, 9.17) is 8.83 Å². The van der Waals surface area contributed by atoms with Gasteiger partial charge in [-0.15, -0.1) is 0 Å². The van der Waals surface area contributed by atoms with Crippen molar-refractivity contribution in [3.63, 3.8) is 0 Å². The maximum absolute atomic E-state index is 10.1. The summed E-state index contributed by atoms with van der Waals surface area (Å²) >= 11 is 0. The SMILES string of the molecule is N#Cc1cc(-c2ccccc2)cc(-c2cc(-c3ccc4c(c3)oc3ccccc34)ccc2-c2ccc3oc4ccccc4c3c2)c1. The summed E-state index contributed by atoms with van der Waals surface area (Å²) in [4.78, 5) is 0. The van der Waals surface area contributed by atoms with Crippen LogP contribution in [0.4, 0.5) is 0 Å². The fraction of sp³-hybridized carbons (Fsp3) is 0. The minimum atomic E-state index is 0.618. The molecule has 0 fully saturated rings. The number of rotatable bonds is 4. The first-order valence-corrected chi connectivity index (χ1v) is 15.3. The van der Waals surface area contributed by atoms with E-state index >= 15 is 0 Å².